The Morgan fingerprint density at radius 3 is 1.43 bits per heavy atom. The highest BCUT2D eigenvalue weighted by molar-refractivity contribution is 5.72. The van der Waals surface area contributed by atoms with Crippen LogP contribution in [0.4, 0.5) is 0 Å². The fourth-order valence-corrected chi connectivity index (χ4v) is 1.77. The smallest absolute Gasteiger partial charge is 0.126 e. The van der Waals surface area contributed by atoms with E-state index in [2.05, 4.69) is 48.5 Å². The van der Waals surface area contributed by atoms with E-state index >= 15 is 0 Å². The Labute approximate surface area is 127 Å². The predicted molar refractivity (Wildman–Crippen MR) is 87.5 cm³/mol. The van der Waals surface area contributed by atoms with Gasteiger partial charge in [-0.2, -0.15) is 0 Å². The summed E-state index contributed by atoms with van der Waals surface area (Å²) in [4.78, 5) is 9.44. The number of hydrogen-bond acceptors (Lipinski definition) is 2. The van der Waals surface area contributed by atoms with Gasteiger partial charge in [-0.3, -0.25) is 0 Å². The number of carbonyl (C=O) groups is 1. The molecule has 0 unspecified atom stereocenters. The van der Waals surface area contributed by atoms with Gasteiger partial charge in [-0.15, -0.1) is 0 Å². The molecule has 0 N–H and O–H groups in total. The van der Waals surface area contributed by atoms with Crippen LogP contribution >= 0.6 is 0 Å². The quantitative estimate of drug-likeness (QED) is 0.747. The zero-order valence-corrected chi connectivity index (χ0v) is 12.9. The molecule has 112 valence electrons. The lowest BCUT2D eigenvalue weighted by molar-refractivity contribution is -0.114. The van der Waals surface area contributed by atoms with Crippen LogP contribution in [0.2, 0.25) is 0 Å². The highest BCUT2D eigenvalue weighted by atomic mass is 16.5. The van der Waals surface area contributed by atoms with E-state index in [1.54, 1.807) is 0 Å². The van der Waals surface area contributed by atoms with Crippen LogP contribution in [0.15, 0.2) is 60.7 Å². The average molecular weight is 284 g/mol. The van der Waals surface area contributed by atoms with E-state index in [1.165, 1.54) is 25.0 Å². The minimum absolute atomic E-state index is 0.167. The fourth-order valence-electron chi connectivity index (χ4n) is 1.77. The Balaban J connectivity index is 0.000000491. The van der Waals surface area contributed by atoms with Crippen LogP contribution in [0, 0.1) is 0 Å². The zero-order chi connectivity index (χ0) is 15.3. The van der Waals surface area contributed by atoms with Gasteiger partial charge in [-0.25, -0.2) is 0 Å². The molecule has 21 heavy (non-hydrogen) atoms. The van der Waals surface area contributed by atoms with E-state index in [0.29, 0.717) is 0 Å². The fraction of sp³-hybridized carbons (Fsp3) is 0.316. The molecule has 0 saturated heterocycles. The molecule has 0 bridgehead atoms. The first-order chi connectivity index (χ1) is 10.2. The summed E-state index contributed by atoms with van der Waals surface area (Å²) in [5.74, 6) is 0.167. The van der Waals surface area contributed by atoms with Crippen molar-refractivity contribution in [2.75, 3.05) is 13.2 Å². The maximum atomic E-state index is 9.44. The largest absolute Gasteiger partial charge is 0.381 e. The summed E-state index contributed by atoms with van der Waals surface area (Å²) in [5.41, 5.74) is 2.68. The molecule has 0 fully saturated rings. The van der Waals surface area contributed by atoms with Crippen LogP contribution in [0.1, 0.15) is 25.0 Å². The number of hydrogen-bond donors (Lipinski definition) is 0. The minimum atomic E-state index is 0.167. The number of benzene rings is 2. The Bertz CT molecular complexity index is 446. The Morgan fingerprint density at radius 1 is 0.762 bits per heavy atom. The molecule has 0 saturated carbocycles. The highest BCUT2D eigenvalue weighted by Gasteiger charge is 1.94. The van der Waals surface area contributed by atoms with E-state index < -0.39 is 0 Å². The molecular weight excluding hydrogens is 260 g/mol. The molecule has 0 spiro atoms. The van der Waals surface area contributed by atoms with Gasteiger partial charge in [-0.1, -0.05) is 60.7 Å². The molecule has 0 amide bonds. The summed E-state index contributed by atoms with van der Waals surface area (Å²) in [6.45, 7) is 4.66. The third-order valence-corrected chi connectivity index (χ3v) is 2.76. The number of Topliss-reactive ketones (excluding diaryl/α,β-unsaturated/α-hetero) is 1. The number of ether oxygens (including phenoxy) is 1. The molecule has 2 aromatic rings. The average Bonchev–Trinajstić information content (AvgIpc) is 2.48. The van der Waals surface area contributed by atoms with Crippen LogP contribution in [0.25, 0.3) is 0 Å². The first kappa shape index (κ1) is 17.1. The molecule has 0 aromatic heterocycles. The van der Waals surface area contributed by atoms with Gasteiger partial charge in [0.05, 0.1) is 13.2 Å². The lowest BCUT2D eigenvalue weighted by atomic mass is 10.1. The third-order valence-electron chi connectivity index (χ3n) is 2.76. The molecule has 0 heterocycles. The summed E-state index contributed by atoms with van der Waals surface area (Å²) in [5, 5.41) is 0. The SMILES string of the molecule is CC(C)=O.c1ccc(CCOCCc2ccccc2)cc1. The second-order valence-corrected chi connectivity index (χ2v) is 4.99. The Kier molecular flexibility index (Phi) is 8.81. The molecule has 2 rings (SSSR count). The molecule has 2 heteroatoms. The minimum Gasteiger partial charge on any atom is -0.381 e. The Hall–Kier alpha value is -1.93. The maximum absolute atomic E-state index is 9.44. The van der Waals surface area contributed by atoms with E-state index in [0.717, 1.165) is 26.1 Å². The van der Waals surface area contributed by atoms with Gasteiger partial charge in [-0.05, 0) is 37.8 Å². The molecule has 2 nitrogen and oxygen atoms in total. The van der Waals surface area contributed by atoms with E-state index in [-0.39, 0.29) is 5.78 Å². The maximum Gasteiger partial charge on any atom is 0.126 e. The number of ketones is 1. The van der Waals surface area contributed by atoms with Gasteiger partial charge in [0.2, 0.25) is 0 Å². The van der Waals surface area contributed by atoms with Gasteiger partial charge in [0, 0.05) is 0 Å². The number of carbonyl (C=O) groups excluding carboxylic acids is 1. The first-order valence-electron chi connectivity index (χ1n) is 7.31. The normalized spacial score (nSPS) is 9.62. The van der Waals surface area contributed by atoms with Crippen molar-refractivity contribution in [3.05, 3.63) is 71.8 Å². The molecule has 0 atom stereocenters. The molecular formula is C19H24O2. The van der Waals surface area contributed by atoms with E-state index in [9.17, 15) is 4.79 Å². The summed E-state index contributed by atoms with van der Waals surface area (Å²) in [7, 11) is 0. The summed E-state index contributed by atoms with van der Waals surface area (Å²) in [6.07, 6.45) is 1.99. The van der Waals surface area contributed by atoms with Gasteiger partial charge >= 0.3 is 0 Å². The highest BCUT2D eigenvalue weighted by Crippen LogP contribution is 2.02. The lowest BCUT2D eigenvalue weighted by Gasteiger charge is -2.04. The van der Waals surface area contributed by atoms with Crippen LogP contribution in [0.5, 0.6) is 0 Å². The van der Waals surface area contributed by atoms with Gasteiger partial charge in [0.1, 0.15) is 5.78 Å². The third kappa shape index (κ3) is 9.58. The second-order valence-electron chi connectivity index (χ2n) is 4.99. The van der Waals surface area contributed by atoms with Gasteiger partial charge in [0.15, 0.2) is 0 Å². The first-order valence-corrected chi connectivity index (χ1v) is 7.31. The summed E-state index contributed by atoms with van der Waals surface area (Å²) < 4.78 is 5.64. The zero-order valence-electron chi connectivity index (χ0n) is 12.9. The molecule has 0 aliphatic carbocycles. The summed E-state index contributed by atoms with van der Waals surface area (Å²) in [6, 6.07) is 20.9. The number of rotatable bonds is 6. The topological polar surface area (TPSA) is 26.3 Å². The monoisotopic (exact) mass is 284 g/mol. The van der Waals surface area contributed by atoms with Gasteiger partial charge < -0.3 is 9.53 Å². The van der Waals surface area contributed by atoms with E-state index in [4.69, 9.17) is 4.74 Å². The van der Waals surface area contributed by atoms with Gasteiger partial charge in [0.25, 0.3) is 0 Å². The van der Waals surface area contributed by atoms with Crippen LogP contribution < -0.4 is 0 Å². The molecule has 0 aliphatic heterocycles. The molecule has 2 aromatic carbocycles. The lowest BCUT2D eigenvalue weighted by Crippen LogP contribution is -2.02. The van der Waals surface area contributed by atoms with Crippen molar-refractivity contribution in [3.8, 4) is 0 Å². The Morgan fingerprint density at radius 2 is 1.10 bits per heavy atom. The van der Waals surface area contributed by atoms with Crippen molar-refractivity contribution in [2.45, 2.75) is 26.7 Å². The summed E-state index contributed by atoms with van der Waals surface area (Å²) >= 11 is 0. The van der Waals surface area contributed by atoms with Crippen molar-refractivity contribution in [3.63, 3.8) is 0 Å². The van der Waals surface area contributed by atoms with Crippen molar-refractivity contribution < 1.29 is 9.53 Å². The second kappa shape index (κ2) is 10.8. The predicted octanol–water partition coefficient (Wildman–Crippen LogP) is 4.08. The standard InChI is InChI=1S/C16H18O.C3H6O/c1-3-7-15(8-4-1)11-13-17-14-12-16-9-5-2-6-10-16;1-3(2)4/h1-10H,11-14H2;1-2H3. The van der Waals surface area contributed by atoms with E-state index in [1.807, 2.05) is 12.1 Å². The van der Waals surface area contributed by atoms with Crippen molar-refractivity contribution in [1.82, 2.24) is 0 Å². The van der Waals surface area contributed by atoms with Crippen molar-refractivity contribution in [2.24, 2.45) is 0 Å². The molecule has 0 radical (unpaired) electrons. The van der Waals surface area contributed by atoms with Crippen molar-refractivity contribution in [1.29, 1.82) is 0 Å². The van der Waals surface area contributed by atoms with Crippen molar-refractivity contribution >= 4 is 5.78 Å². The van der Waals surface area contributed by atoms with Crippen LogP contribution in [0.3, 0.4) is 0 Å². The van der Waals surface area contributed by atoms with Crippen LogP contribution in [-0.4, -0.2) is 19.0 Å². The van der Waals surface area contributed by atoms with Crippen LogP contribution in [-0.2, 0) is 22.4 Å². The molecule has 0 aliphatic rings.